The highest BCUT2D eigenvalue weighted by molar-refractivity contribution is 5.89. The summed E-state index contributed by atoms with van der Waals surface area (Å²) in [5, 5.41) is 9.71. The van der Waals surface area contributed by atoms with Crippen molar-refractivity contribution in [3.8, 4) is 0 Å². The zero-order valence-corrected chi connectivity index (χ0v) is 8.04. The van der Waals surface area contributed by atoms with Gasteiger partial charge in [0.15, 0.2) is 5.78 Å². The van der Waals surface area contributed by atoms with Crippen LogP contribution in [0.1, 0.15) is 38.5 Å². The average Bonchev–Trinajstić information content (AvgIpc) is 2.19. The molecule has 1 rings (SSSR count). The first-order valence-electron chi connectivity index (χ1n) is 5.07. The monoisotopic (exact) mass is 182 g/mol. The zero-order chi connectivity index (χ0) is 9.68. The Labute approximate surface area is 79.6 Å². The third-order valence-electron chi connectivity index (χ3n) is 2.83. The molecule has 0 heterocycles. The van der Waals surface area contributed by atoms with E-state index in [9.17, 15) is 9.90 Å². The summed E-state index contributed by atoms with van der Waals surface area (Å²) in [6.07, 6.45) is 6.94. The van der Waals surface area contributed by atoms with Crippen LogP contribution in [0.25, 0.3) is 0 Å². The molecule has 0 bridgehead atoms. The van der Waals surface area contributed by atoms with Gasteiger partial charge in [-0.3, -0.25) is 4.79 Å². The molecule has 74 valence electrons. The number of rotatable bonds is 4. The van der Waals surface area contributed by atoms with Crippen molar-refractivity contribution in [2.24, 2.45) is 5.92 Å². The van der Waals surface area contributed by atoms with E-state index < -0.39 is 6.10 Å². The van der Waals surface area contributed by atoms with Crippen LogP contribution in [0, 0.1) is 5.92 Å². The lowest BCUT2D eigenvalue weighted by Crippen LogP contribution is -2.25. The Hall–Kier alpha value is -0.630. The predicted molar refractivity (Wildman–Crippen MR) is 52.4 cm³/mol. The molecule has 1 N–H and O–H groups in total. The minimum Gasteiger partial charge on any atom is -0.392 e. The molecular weight excluding hydrogens is 164 g/mol. The Morgan fingerprint density at radius 3 is 2.62 bits per heavy atom. The smallest absolute Gasteiger partial charge is 0.157 e. The molecular formula is C11H18O2. The Bertz CT molecular complexity index is 181. The summed E-state index contributed by atoms with van der Waals surface area (Å²) in [6.45, 7) is 3.40. The second-order valence-corrected chi connectivity index (χ2v) is 3.84. The summed E-state index contributed by atoms with van der Waals surface area (Å²) >= 11 is 0. The lowest BCUT2D eigenvalue weighted by Gasteiger charge is -2.25. The minimum absolute atomic E-state index is 0.0435. The number of carbonyl (C=O) groups excluding carboxylic acids is 1. The number of carbonyl (C=O) groups is 1. The highest BCUT2D eigenvalue weighted by atomic mass is 16.3. The maximum atomic E-state index is 11.0. The van der Waals surface area contributed by atoms with E-state index in [1.54, 1.807) is 0 Å². The van der Waals surface area contributed by atoms with Gasteiger partial charge in [-0.1, -0.05) is 25.8 Å². The largest absolute Gasteiger partial charge is 0.392 e. The van der Waals surface area contributed by atoms with Crippen LogP contribution in [-0.4, -0.2) is 17.0 Å². The van der Waals surface area contributed by atoms with Gasteiger partial charge in [-0.25, -0.2) is 0 Å². The third kappa shape index (κ3) is 3.31. The first-order chi connectivity index (χ1) is 6.24. The summed E-state index contributed by atoms with van der Waals surface area (Å²) in [4.78, 5) is 11.0. The molecule has 0 spiro atoms. The summed E-state index contributed by atoms with van der Waals surface area (Å²) in [6, 6.07) is 0. The van der Waals surface area contributed by atoms with Crippen LogP contribution in [0.5, 0.6) is 0 Å². The molecule has 13 heavy (non-hydrogen) atoms. The highest BCUT2D eigenvalue weighted by Crippen LogP contribution is 2.27. The van der Waals surface area contributed by atoms with Crippen molar-refractivity contribution in [2.75, 3.05) is 0 Å². The maximum absolute atomic E-state index is 11.0. The van der Waals surface area contributed by atoms with Crippen LogP contribution in [0.4, 0.5) is 0 Å². The fraction of sp³-hybridized carbons (Fsp3) is 0.727. The first kappa shape index (κ1) is 10.5. The van der Waals surface area contributed by atoms with Gasteiger partial charge in [0.25, 0.3) is 0 Å². The van der Waals surface area contributed by atoms with E-state index in [-0.39, 0.29) is 12.2 Å². The fourth-order valence-corrected chi connectivity index (χ4v) is 1.98. The standard InChI is InChI=1S/C11H18O2/c1-2-10(12)8-11(13)9-6-4-3-5-7-9/h2,9,11,13H,1,3-8H2/t11-/m1/s1. The van der Waals surface area contributed by atoms with Gasteiger partial charge in [-0.15, -0.1) is 0 Å². The van der Waals surface area contributed by atoms with E-state index >= 15 is 0 Å². The first-order valence-corrected chi connectivity index (χ1v) is 5.07. The van der Waals surface area contributed by atoms with E-state index in [2.05, 4.69) is 6.58 Å². The van der Waals surface area contributed by atoms with Crippen LogP contribution in [0.15, 0.2) is 12.7 Å². The molecule has 0 saturated heterocycles. The van der Waals surface area contributed by atoms with Gasteiger partial charge in [0, 0.05) is 6.42 Å². The Balaban J connectivity index is 2.32. The van der Waals surface area contributed by atoms with E-state index in [4.69, 9.17) is 0 Å². The second kappa shape index (κ2) is 5.18. The van der Waals surface area contributed by atoms with Gasteiger partial charge in [0.2, 0.25) is 0 Å². The zero-order valence-electron chi connectivity index (χ0n) is 8.04. The second-order valence-electron chi connectivity index (χ2n) is 3.84. The average molecular weight is 182 g/mol. The molecule has 0 radical (unpaired) electrons. The number of hydrogen-bond donors (Lipinski definition) is 1. The molecule has 0 amide bonds. The van der Waals surface area contributed by atoms with Crippen LogP contribution in [-0.2, 0) is 4.79 Å². The lowest BCUT2D eigenvalue weighted by molar-refractivity contribution is -0.117. The molecule has 0 unspecified atom stereocenters. The fourth-order valence-electron chi connectivity index (χ4n) is 1.98. The van der Waals surface area contributed by atoms with Crippen LogP contribution < -0.4 is 0 Å². The maximum Gasteiger partial charge on any atom is 0.157 e. The van der Waals surface area contributed by atoms with Crippen molar-refractivity contribution in [3.05, 3.63) is 12.7 Å². The summed E-state index contributed by atoms with van der Waals surface area (Å²) in [7, 11) is 0. The van der Waals surface area contributed by atoms with Crippen molar-refractivity contribution in [2.45, 2.75) is 44.6 Å². The molecule has 1 atom stereocenters. The molecule has 1 fully saturated rings. The lowest BCUT2D eigenvalue weighted by atomic mass is 9.83. The molecule has 1 saturated carbocycles. The van der Waals surface area contributed by atoms with Crippen LogP contribution >= 0.6 is 0 Å². The van der Waals surface area contributed by atoms with E-state index in [1.165, 1.54) is 25.3 Å². The molecule has 1 aliphatic rings. The van der Waals surface area contributed by atoms with Crippen molar-refractivity contribution < 1.29 is 9.90 Å². The molecule has 0 aromatic carbocycles. The highest BCUT2D eigenvalue weighted by Gasteiger charge is 2.22. The Morgan fingerprint density at radius 1 is 1.46 bits per heavy atom. The van der Waals surface area contributed by atoms with E-state index in [0.717, 1.165) is 12.8 Å². The van der Waals surface area contributed by atoms with Crippen molar-refractivity contribution in [1.82, 2.24) is 0 Å². The van der Waals surface area contributed by atoms with Gasteiger partial charge in [0.1, 0.15) is 0 Å². The topological polar surface area (TPSA) is 37.3 Å². The Kier molecular flexibility index (Phi) is 4.16. The predicted octanol–water partition coefficient (Wildman–Crippen LogP) is 2.07. The minimum atomic E-state index is -0.439. The molecule has 2 nitrogen and oxygen atoms in total. The third-order valence-corrected chi connectivity index (χ3v) is 2.83. The summed E-state index contributed by atoms with van der Waals surface area (Å²) < 4.78 is 0. The quantitative estimate of drug-likeness (QED) is 0.676. The number of ketones is 1. The Morgan fingerprint density at radius 2 is 2.08 bits per heavy atom. The van der Waals surface area contributed by atoms with Gasteiger partial charge >= 0.3 is 0 Å². The van der Waals surface area contributed by atoms with Crippen molar-refractivity contribution >= 4 is 5.78 Å². The molecule has 0 aromatic rings. The summed E-state index contributed by atoms with van der Waals surface area (Å²) in [5.74, 6) is 0.302. The SMILES string of the molecule is C=CC(=O)C[C@@H](O)C1CCCCC1. The molecule has 0 aliphatic heterocycles. The number of allylic oxidation sites excluding steroid dienone is 1. The number of aliphatic hydroxyl groups is 1. The van der Waals surface area contributed by atoms with Gasteiger partial charge in [0.05, 0.1) is 6.10 Å². The molecule has 2 heteroatoms. The summed E-state index contributed by atoms with van der Waals surface area (Å²) in [5.41, 5.74) is 0. The van der Waals surface area contributed by atoms with Crippen LogP contribution in [0.2, 0.25) is 0 Å². The number of aliphatic hydroxyl groups excluding tert-OH is 1. The van der Waals surface area contributed by atoms with Gasteiger partial charge < -0.3 is 5.11 Å². The van der Waals surface area contributed by atoms with Crippen LogP contribution in [0.3, 0.4) is 0 Å². The van der Waals surface area contributed by atoms with E-state index in [1.807, 2.05) is 0 Å². The normalized spacial score (nSPS) is 21.0. The molecule has 1 aliphatic carbocycles. The van der Waals surface area contributed by atoms with Crippen molar-refractivity contribution in [3.63, 3.8) is 0 Å². The van der Waals surface area contributed by atoms with Crippen molar-refractivity contribution in [1.29, 1.82) is 0 Å². The molecule has 0 aromatic heterocycles. The van der Waals surface area contributed by atoms with Gasteiger partial charge in [-0.2, -0.15) is 0 Å². The number of hydrogen-bond acceptors (Lipinski definition) is 2. The van der Waals surface area contributed by atoms with E-state index in [0.29, 0.717) is 5.92 Å². The van der Waals surface area contributed by atoms with Gasteiger partial charge in [-0.05, 0) is 24.8 Å².